The van der Waals surface area contributed by atoms with Crippen molar-refractivity contribution in [1.29, 1.82) is 0 Å². The molecule has 152 valence electrons. The average Bonchev–Trinajstić information content (AvgIpc) is 3.32. The fourth-order valence-corrected chi connectivity index (χ4v) is 5.82. The van der Waals surface area contributed by atoms with Crippen LogP contribution < -0.4 is 0 Å². The molecule has 0 amide bonds. The summed E-state index contributed by atoms with van der Waals surface area (Å²) in [6.07, 6.45) is 0. The zero-order valence-electron chi connectivity index (χ0n) is 18.2. The smallest absolute Gasteiger partial charge is 0.0544 e. The Bertz CT molecular complexity index is 1700. The molecule has 1 heterocycles. The third-order valence-electron chi connectivity index (χ3n) is 7.42. The predicted octanol–water partition coefficient (Wildman–Crippen LogP) is 8.45. The fourth-order valence-electron chi connectivity index (χ4n) is 5.82. The zero-order valence-corrected chi connectivity index (χ0v) is 18.2. The van der Waals surface area contributed by atoms with Gasteiger partial charge in [-0.2, -0.15) is 0 Å². The summed E-state index contributed by atoms with van der Waals surface area (Å²) in [5, 5.41) is 5.18. The number of hydrogen-bond donors (Lipinski definition) is 1. The Labute approximate surface area is 187 Å². The van der Waals surface area contributed by atoms with Crippen LogP contribution in [0, 0.1) is 0 Å². The lowest BCUT2D eigenvalue weighted by Crippen LogP contribution is -2.14. The van der Waals surface area contributed by atoms with E-state index in [-0.39, 0.29) is 5.41 Å². The monoisotopic (exact) mass is 409 g/mol. The van der Waals surface area contributed by atoms with Crippen LogP contribution in [0.1, 0.15) is 25.0 Å². The molecule has 1 N–H and O–H groups in total. The fraction of sp³-hybridized carbons (Fsp3) is 0.0968. The number of benzene rings is 5. The highest BCUT2D eigenvalue weighted by Gasteiger charge is 2.35. The van der Waals surface area contributed by atoms with Gasteiger partial charge in [0.05, 0.1) is 5.52 Å². The molecule has 0 unspecified atom stereocenters. The van der Waals surface area contributed by atoms with Crippen LogP contribution in [-0.2, 0) is 5.41 Å². The van der Waals surface area contributed by atoms with Gasteiger partial charge in [0.25, 0.3) is 0 Å². The summed E-state index contributed by atoms with van der Waals surface area (Å²) in [7, 11) is 0. The number of rotatable bonds is 1. The minimum atomic E-state index is 0.0382. The lowest BCUT2D eigenvalue weighted by molar-refractivity contribution is 0.660. The molecule has 6 aromatic rings. The van der Waals surface area contributed by atoms with Crippen LogP contribution in [0.3, 0.4) is 0 Å². The molecule has 0 saturated carbocycles. The van der Waals surface area contributed by atoms with Crippen molar-refractivity contribution in [3.8, 4) is 22.3 Å². The zero-order chi connectivity index (χ0) is 21.4. The number of fused-ring (bicyclic) bond motifs is 8. The second-order valence-corrected chi connectivity index (χ2v) is 9.49. The summed E-state index contributed by atoms with van der Waals surface area (Å²) in [6.45, 7) is 4.67. The molecule has 0 bridgehead atoms. The first kappa shape index (κ1) is 17.8. The summed E-state index contributed by atoms with van der Waals surface area (Å²) in [5.41, 5.74) is 10.5. The van der Waals surface area contributed by atoms with E-state index in [4.69, 9.17) is 0 Å². The van der Waals surface area contributed by atoms with Gasteiger partial charge in [-0.15, -0.1) is 0 Å². The van der Waals surface area contributed by atoms with Gasteiger partial charge in [-0.1, -0.05) is 98.8 Å². The second-order valence-electron chi connectivity index (χ2n) is 9.49. The third-order valence-corrected chi connectivity index (χ3v) is 7.42. The molecular weight excluding hydrogens is 386 g/mol. The van der Waals surface area contributed by atoms with E-state index in [2.05, 4.69) is 116 Å². The largest absolute Gasteiger partial charge is 0.354 e. The van der Waals surface area contributed by atoms with Gasteiger partial charge in [-0.25, -0.2) is 0 Å². The third kappa shape index (κ3) is 2.23. The lowest BCUT2D eigenvalue weighted by atomic mass is 9.82. The quantitative estimate of drug-likeness (QED) is 0.280. The van der Waals surface area contributed by atoms with Crippen molar-refractivity contribution < 1.29 is 0 Å². The number of para-hydroxylation sites is 1. The van der Waals surface area contributed by atoms with Gasteiger partial charge >= 0.3 is 0 Å². The van der Waals surface area contributed by atoms with E-state index in [1.807, 2.05) is 0 Å². The Balaban J connectivity index is 1.51. The predicted molar refractivity (Wildman–Crippen MR) is 136 cm³/mol. The number of aromatic nitrogens is 1. The van der Waals surface area contributed by atoms with E-state index in [1.54, 1.807) is 0 Å². The molecule has 1 nitrogen and oxygen atoms in total. The van der Waals surface area contributed by atoms with E-state index in [1.165, 1.54) is 66.0 Å². The topological polar surface area (TPSA) is 15.8 Å². The first-order chi connectivity index (χ1) is 15.6. The SMILES string of the molecule is CC1(C)c2ccccc2-c2cc(-c3cccc4c3[nH]c3ccc5ccccc5c34)ccc21. The lowest BCUT2D eigenvalue weighted by Gasteiger charge is -2.21. The molecule has 0 radical (unpaired) electrons. The van der Waals surface area contributed by atoms with Gasteiger partial charge in [0.1, 0.15) is 0 Å². The van der Waals surface area contributed by atoms with Crippen LogP contribution in [0.4, 0.5) is 0 Å². The molecule has 1 aromatic heterocycles. The molecule has 1 heteroatoms. The summed E-state index contributed by atoms with van der Waals surface area (Å²) in [4.78, 5) is 3.74. The number of aromatic amines is 1. The van der Waals surface area contributed by atoms with Gasteiger partial charge in [0, 0.05) is 27.3 Å². The molecule has 1 aliphatic rings. The molecule has 7 rings (SSSR count). The number of nitrogens with one attached hydrogen (secondary N) is 1. The Kier molecular flexibility index (Phi) is 3.40. The van der Waals surface area contributed by atoms with Crippen LogP contribution in [-0.4, -0.2) is 4.98 Å². The first-order valence-corrected chi connectivity index (χ1v) is 11.3. The van der Waals surface area contributed by atoms with E-state index >= 15 is 0 Å². The highest BCUT2D eigenvalue weighted by atomic mass is 14.7. The molecule has 32 heavy (non-hydrogen) atoms. The maximum atomic E-state index is 3.74. The Morgan fingerprint density at radius 1 is 0.594 bits per heavy atom. The normalized spacial score (nSPS) is 14.2. The van der Waals surface area contributed by atoms with Gasteiger partial charge < -0.3 is 4.98 Å². The summed E-state index contributed by atoms with van der Waals surface area (Å²) < 4.78 is 0. The molecule has 0 fully saturated rings. The summed E-state index contributed by atoms with van der Waals surface area (Å²) in [6, 6.07) is 35.6. The van der Waals surface area contributed by atoms with Gasteiger partial charge in [0.15, 0.2) is 0 Å². The van der Waals surface area contributed by atoms with Crippen molar-refractivity contribution in [3.05, 3.63) is 108 Å². The Morgan fingerprint density at radius 3 is 2.28 bits per heavy atom. The summed E-state index contributed by atoms with van der Waals surface area (Å²) >= 11 is 0. The van der Waals surface area contributed by atoms with Crippen LogP contribution in [0.15, 0.2) is 97.1 Å². The van der Waals surface area contributed by atoms with Crippen molar-refractivity contribution in [3.63, 3.8) is 0 Å². The highest BCUT2D eigenvalue weighted by molar-refractivity contribution is 6.22. The van der Waals surface area contributed by atoms with Gasteiger partial charge in [-0.3, -0.25) is 0 Å². The minimum Gasteiger partial charge on any atom is -0.354 e. The average molecular weight is 410 g/mol. The van der Waals surface area contributed by atoms with Crippen LogP contribution in [0.5, 0.6) is 0 Å². The van der Waals surface area contributed by atoms with Crippen molar-refractivity contribution in [2.45, 2.75) is 19.3 Å². The van der Waals surface area contributed by atoms with E-state index in [9.17, 15) is 0 Å². The molecule has 0 atom stereocenters. The summed E-state index contributed by atoms with van der Waals surface area (Å²) in [5.74, 6) is 0. The Hall–Kier alpha value is -3.84. The van der Waals surface area contributed by atoms with Crippen molar-refractivity contribution in [2.24, 2.45) is 0 Å². The van der Waals surface area contributed by atoms with Crippen LogP contribution in [0.25, 0.3) is 54.8 Å². The van der Waals surface area contributed by atoms with Crippen molar-refractivity contribution in [2.75, 3.05) is 0 Å². The molecule has 1 aliphatic carbocycles. The van der Waals surface area contributed by atoms with Crippen molar-refractivity contribution in [1.82, 2.24) is 4.98 Å². The van der Waals surface area contributed by atoms with E-state index < -0.39 is 0 Å². The molecular formula is C31H23N. The van der Waals surface area contributed by atoms with Crippen molar-refractivity contribution >= 4 is 32.6 Å². The standard InChI is InChI=1S/C31H23N/c1-31(2)26-13-6-5-10-23(26)25-18-20(14-16-27(25)31)22-11-7-12-24-29-21-9-4-3-8-19(21)15-17-28(29)32-30(22)24/h3-18,32H,1-2H3. The second kappa shape index (κ2) is 6.11. The van der Waals surface area contributed by atoms with Crippen LogP contribution in [0.2, 0.25) is 0 Å². The van der Waals surface area contributed by atoms with Crippen LogP contribution >= 0.6 is 0 Å². The Morgan fingerprint density at radius 2 is 1.34 bits per heavy atom. The minimum absolute atomic E-state index is 0.0382. The molecule has 0 aliphatic heterocycles. The first-order valence-electron chi connectivity index (χ1n) is 11.3. The van der Waals surface area contributed by atoms with E-state index in [0.717, 1.165) is 0 Å². The molecule has 5 aromatic carbocycles. The van der Waals surface area contributed by atoms with E-state index in [0.29, 0.717) is 0 Å². The van der Waals surface area contributed by atoms with Gasteiger partial charge in [-0.05, 0) is 50.7 Å². The molecule has 0 spiro atoms. The maximum Gasteiger partial charge on any atom is 0.0544 e. The number of H-pyrrole nitrogens is 1. The highest BCUT2D eigenvalue weighted by Crippen LogP contribution is 2.49. The molecule has 0 saturated heterocycles. The number of hydrogen-bond acceptors (Lipinski definition) is 0. The maximum absolute atomic E-state index is 3.74. The van der Waals surface area contributed by atoms with Gasteiger partial charge in [0.2, 0.25) is 0 Å².